The number of pyridine rings is 1. The number of nitrogens with zero attached hydrogens (tertiary/aromatic N) is 4. The van der Waals surface area contributed by atoms with E-state index in [9.17, 15) is 34.1 Å². The Labute approximate surface area is 235 Å². The summed E-state index contributed by atoms with van der Waals surface area (Å²) in [5.74, 6) is -1.98. The molecule has 3 heterocycles. The van der Waals surface area contributed by atoms with Crippen molar-refractivity contribution in [1.29, 1.82) is 10.5 Å². The number of H-pyrrole nitrogens is 1. The van der Waals surface area contributed by atoms with Crippen LogP contribution in [0, 0.1) is 28.5 Å². The van der Waals surface area contributed by atoms with Gasteiger partial charge in [-0.25, -0.2) is 14.2 Å². The molecule has 1 saturated heterocycles. The standard InChI is InChI=1S/C26H21FN6O7S/c1-12(34)38-11-20-19(39-13(2)35)7-21(40-20)33-10-18(24(36)32-26(33)37)22-16(8-28)23(30)31-25(17(22)9-29)41-15-5-3-14(27)4-6-15/h3-6,10,19-21H,7,11H2,1-2H3,(H2,30,31)(H,32,36,37)/t19?,20-,21-/m1/s1. The third-order valence-corrected chi connectivity index (χ3v) is 6.94. The molecule has 41 heavy (non-hydrogen) atoms. The van der Waals surface area contributed by atoms with E-state index >= 15 is 0 Å². The number of halogens is 1. The van der Waals surface area contributed by atoms with E-state index < -0.39 is 47.4 Å². The van der Waals surface area contributed by atoms with Crippen molar-refractivity contribution in [1.82, 2.24) is 14.5 Å². The van der Waals surface area contributed by atoms with Crippen LogP contribution in [0.5, 0.6) is 0 Å². The minimum atomic E-state index is -1.09. The Hall–Kier alpha value is -4.99. The number of nitrogens with one attached hydrogen (secondary N) is 1. The second-order valence-electron chi connectivity index (χ2n) is 8.73. The predicted molar refractivity (Wildman–Crippen MR) is 140 cm³/mol. The van der Waals surface area contributed by atoms with Crippen LogP contribution in [0.4, 0.5) is 10.2 Å². The normalized spacial score (nSPS) is 17.8. The number of anilines is 1. The molecule has 15 heteroatoms. The van der Waals surface area contributed by atoms with Gasteiger partial charge in [0, 0.05) is 36.9 Å². The van der Waals surface area contributed by atoms with Crippen molar-refractivity contribution in [3.05, 3.63) is 68.2 Å². The lowest BCUT2D eigenvalue weighted by Gasteiger charge is -2.18. The van der Waals surface area contributed by atoms with Crippen LogP contribution in [0.25, 0.3) is 11.1 Å². The van der Waals surface area contributed by atoms with Gasteiger partial charge in [0.1, 0.15) is 59.4 Å². The van der Waals surface area contributed by atoms with Crippen molar-refractivity contribution >= 4 is 29.5 Å². The molecule has 3 N–H and O–H groups in total. The molecular formula is C26H21FN6O7S. The third kappa shape index (κ3) is 6.27. The van der Waals surface area contributed by atoms with Gasteiger partial charge in [-0.15, -0.1) is 0 Å². The van der Waals surface area contributed by atoms with E-state index in [0.717, 1.165) is 22.5 Å². The van der Waals surface area contributed by atoms with Gasteiger partial charge in [0.05, 0.1) is 11.1 Å². The van der Waals surface area contributed by atoms with E-state index in [0.29, 0.717) is 4.90 Å². The van der Waals surface area contributed by atoms with Crippen LogP contribution in [0.15, 0.2) is 50.0 Å². The Morgan fingerprint density at radius 3 is 2.49 bits per heavy atom. The van der Waals surface area contributed by atoms with E-state index in [1.54, 1.807) is 0 Å². The van der Waals surface area contributed by atoms with Crippen molar-refractivity contribution in [3.63, 3.8) is 0 Å². The molecular weight excluding hydrogens is 559 g/mol. The first-order valence-electron chi connectivity index (χ1n) is 11.9. The highest BCUT2D eigenvalue weighted by atomic mass is 32.2. The number of nitriles is 2. The van der Waals surface area contributed by atoms with Crippen LogP contribution in [0.1, 0.15) is 37.6 Å². The summed E-state index contributed by atoms with van der Waals surface area (Å²) < 4.78 is 30.5. The lowest BCUT2D eigenvalue weighted by atomic mass is 9.99. The fourth-order valence-corrected chi connectivity index (χ4v) is 5.08. The summed E-state index contributed by atoms with van der Waals surface area (Å²) >= 11 is 0.957. The van der Waals surface area contributed by atoms with E-state index in [1.165, 1.54) is 38.1 Å². The van der Waals surface area contributed by atoms with Crippen LogP contribution >= 0.6 is 11.8 Å². The first-order valence-corrected chi connectivity index (χ1v) is 12.7. The van der Waals surface area contributed by atoms with Crippen LogP contribution < -0.4 is 17.0 Å². The summed E-state index contributed by atoms with van der Waals surface area (Å²) in [5, 5.41) is 20.0. The zero-order valence-electron chi connectivity index (χ0n) is 21.5. The van der Waals surface area contributed by atoms with Crippen molar-refractivity contribution in [3.8, 4) is 23.3 Å². The average molecular weight is 581 g/mol. The van der Waals surface area contributed by atoms with Gasteiger partial charge in [0.15, 0.2) is 0 Å². The molecule has 210 valence electrons. The van der Waals surface area contributed by atoms with Crippen LogP contribution in [0.3, 0.4) is 0 Å². The molecule has 0 bridgehead atoms. The number of esters is 2. The number of aromatic nitrogens is 3. The number of nitrogen functional groups attached to an aromatic ring is 1. The molecule has 1 aliphatic heterocycles. The SMILES string of the molecule is CC(=O)OC[C@H]1O[C@@H](n2cc(-c3c(C#N)c(N)nc(Sc4ccc(F)cc4)c3C#N)c(=O)[nH]c2=O)CC1OC(C)=O. The number of rotatable bonds is 7. The van der Waals surface area contributed by atoms with Crippen LogP contribution in [0.2, 0.25) is 0 Å². The average Bonchev–Trinajstić information content (AvgIpc) is 3.30. The van der Waals surface area contributed by atoms with Gasteiger partial charge in [-0.1, -0.05) is 11.8 Å². The quantitative estimate of drug-likeness (QED) is 0.385. The van der Waals surface area contributed by atoms with Crippen LogP contribution in [-0.2, 0) is 23.8 Å². The maximum atomic E-state index is 13.4. The van der Waals surface area contributed by atoms with Crippen molar-refractivity contribution in [2.45, 2.75) is 48.6 Å². The Bertz CT molecular complexity index is 1720. The van der Waals surface area contributed by atoms with Gasteiger partial charge in [-0.2, -0.15) is 10.5 Å². The number of hydrogen-bond donors (Lipinski definition) is 2. The molecule has 1 fully saturated rings. The Morgan fingerprint density at radius 2 is 1.88 bits per heavy atom. The highest BCUT2D eigenvalue weighted by Crippen LogP contribution is 2.38. The van der Waals surface area contributed by atoms with Gasteiger partial charge >= 0.3 is 17.6 Å². The van der Waals surface area contributed by atoms with Gasteiger partial charge in [-0.05, 0) is 24.3 Å². The highest BCUT2D eigenvalue weighted by molar-refractivity contribution is 7.99. The second-order valence-corrected chi connectivity index (χ2v) is 9.79. The molecule has 1 aromatic carbocycles. The summed E-state index contributed by atoms with van der Waals surface area (Å²) in [6, 6.07) is 9.13. The number of hydrogen-bond acceptors (Lipinski definition) is 12. The van der Waals surface area contributed by atoms with E-state index in [4.69, 9.17) is 19.9 Å². The van der Waals surface area contributed by atoms with Crippen LogP contribution in [-0.4, -0.2) is 45.3 Å². The molecule has 0 amide bonds. The molecule has 0 aliphatic carbocycles. The lowest BCUT2D eigenvalue weighted by molar-refractivity contribution is -0.155. The minimum Gasteiger partial charge on any atom is -0.463 e. The van der Waals surface area contributed by atoms with E-state index in [2.05, 4.69) is 9.97 Å². The molecule has 0 spiro atoms. The molecule has 2 aromatic heterocycles. The fourth-order valence-electron chi connectivity index (χ4n) is 4.19. The maximum Gasteiger partial charge on any atom is 0.330 e. The van der Waals surface area contributed by atoms with Crippen molar-refractivity contribution < 1.29 is 28.2 Å². The minimum absolute atomic E-state index is 0.0382. The largest absolute Gasteiger partial charge is 0.463 e. The monoisotopic (exact) mass is 580 g/mol. The maximum absolute atomic E-state index is 13.4. The number of ether oxygens (including phenoxy) is 3. The summed E-state index contributed by atoms with van der Waals surface area (Å²) in [6.45, 7) is 2.11. The van der Waals surface area contributed by atoms with Gasteiger partial charge in [0.25, 0.3) is 5.56 Å². The third-order valence-electron chi connectivity index (χ3n) is 5.94. The molecule has 3 aromatic rings. The molecule has 13 nitrogen and oxygen atoms in total. The van der Waals surface area contributed by atoms with E-state index in [-0.39, 0.29) is 46.1 Å². The van der Waals surface area contributed by atoms with E-state index in [1.807, 2.05) is 12.1 Å². The molecule has 0 saturated carbocycles. The Morgan fingerprint density at radius 1 is 1.20 bits per heavy atom. The topological polar surface area (TPSA) is 203 Å². The summed E-state index contributed by atoms with van der Waals surface area (Å²) in [7, 11) is 0. The summed E-state index contributed by atoms with van der Waals surface area (Å²) in [5.41, 5.74) is 3.33. The first-order chi connectivity index (χ1) is 19.5. The lowest BCUT2D eigenvalue weighted by Crippen LogP contribution is -2.33. The number of benzene rings is 1. The first kappa shape index (κ1) is 29.0. The van der Waals surface area contributed by atoms with Crippen molar-refractivity contribution in [2.24, 2.45) is 0 Å². The number of aromatic amines is 1. The van der Waals surface area contributed by atoms with Gasteiger partial charge in [-0.3, -0.25) is 23.9 Å². The zero-order valence-corrected chi connectivity index (χ0v) is 22.4. The predicted octanol–water partition coefficient (Wildman–Crippen LogP) is 2.00. The Kier molecular flexibility index (Phi) is 8.51. The zero-order chi connectivity index (χ0) is 29.8. The molecule has 1 aliphatic rings. The molecule has 4 rings (SSSR count). The van der Waals surface area contributed by atoms with Gasteiger partial charge in [0.2, 0.25) is 0 Å². The second kappa shape index (κ2) is 12.0. The number of carbonyl (C=O) groups excluding carboxylic acids is 2. The van der Waals surface area contributed by atoms with Crippen molar-refractivity contribution in [2.75, 3.05) is 12.3 Å². The Balaban J connectivity index is 1.83. The summed E-state index contributed by atoms with van der Waals surface area (Å²) in [6.07, 6.45) is -1.84. The summed E-state index contributed by atoms with van der Waals surface area (Å²) in [4.78, 5) is 55.7. The smallest absolute Gasteiger partial charge is 0.330 e. The number of nitrogens with two attached hydrogens (primary N) is 1. The molecule has 1 unspecified atom stereocenters. The number of carbonyl (C=O) groups is 2. The molecule has 3 atom stereocenters. The highest BCUT2D eigenvalue weighted by Gasteiger charge is 2.40. The fraction of sp³-hybridized carbons (Fsp3) is 0.269. The molecule has 0 radical (unpaired) electrons. The van der Waals surface area contributed by atoms with Gasteiger partial charge < -0.3 is 19.9 Å².